The van der Waals surface area contributed by atoms with Gasteiger partial charge in [-0.3, -0.25) is 0 Å². The van der Waals surface area contributed by atoms with Crippen molar-refractivity contribution in [2.24, 2.45) is 0 Å². The van der Waals surface area contributed by atoms with Crippen molar-refractivity contribution in [3.63, 3.8) is 0 Å². The first-order valence-electron chi connectivity index (χ1n) is 7.08. The summed E-state index contributed by atoms with van der Waals surface area (Å²) in [6, 6.07) is 0. The number of aliphatic hydroxyl groups excluding tert-OH is 8. The maximum absolute atomic E-state index is 9.94. The van der Waals surface area contributed by atoms with E-state index in [1.165, 1.54) is 0 Å². The Bertz CT molecular complexity index is 378. The van der Waals surface area contributed by atoms with Gasteiger partial charge in [-0.05, 0) is 0 Å². The van der Waals surface area contributed by atoms with E-state index in [0.717, 1.165) is 0 Å². The van der Waals surface area contributed by atoms with E-state index in [0.29, 0.717) is 0 Å². The van der Waals surface area contributed by atoms with Crippen LogP contribution < -0.4 is 0 Å². The van der Waals surface area contributed by atoms with E-state index in [1.54, 1.807) is 0 Å². The maximum Gasteiger partial charge on any atom is 0.187 e. The van der Waals surface area contributed by atoms with Gasteiger partial charge in [-0.1, -0.05) is 0 Å². The quantitative estimate of drug-likeness (QED) is 0.243. The SMILES string of the molecule is OC[C@@H]1O[C@H](O[C@H]2[C@@H](O)[C@@H](O)[C@@H](O)O[C@H]2CO)[C@H](O)[C@H](O)[C@H]1O. The van der Waals surface area contributed by atoms with E-state index >= 15 is 0 Å². The van der Waals surface area contributed by atoms with Crippen LogP contribution in [0, 0.1) is 0 Å². The van der Waals surface area contributed by atoms with Gasteiger partial charge in [0, 0.05) is 0 Å². The molecule has 0 spiro atoms. The van der Waals surface area contributed by atoms with Crippen molar-refractivity contribution in [3.05, 3.63) is 0 Å². The van der Waals surface area contributed by atoms with Crippen molar-refractivity contribution in [1.82, 2.24) is 0 Å². The van der Waals surface area contributed by atoms with E-state index < -0.39 is 74.6 Å². The predicted octanol–water partition coefficient (Wildman–Crippen LogP) is -5.40. The Balaban J connectivity index is 2.11. The van der Waals surface area contributed by atoms with Crippen LogP contribution >= 0.6 is 0 Å². The van der Waals surface area contributed by atoms with Crippen LogP contribution in [0.1, 0.15) is 0 Å². The molecule has 136 valence electrons. The molecule has 0 amide bonds. The smallest absolute Gasteiger partial charge is 0.187 e. The fourth-order valence-electron chi connectivity index (χ4n) is 2.57. The monoisotopic (exact) mass is 342 g/mol. The molecule has 2 fully saturated rings. The van der Waals surface area contributed by atoms with Crippen LogP contribution in [0.25, 0.3) is 0 Å². The summed E-state index contributed by atoms with van der Waals surface area (Å²) in [4.78, 5) is 0. The second kappa shape index (κ2) is 7.63. The highest BCUT2D eigenvalue weighted by Gasteiger charge is 2.50. The molecule has 11 heteroatoms. The fraction of sp³-hybridized carbons (Fsp3) is 1.00. The molecule has 2 saturated heterocycles. The molecular weight excluding hydrogens is 320 g/mol. The van der Waals surface area contributed by atoms with Gasteiger partial charge < -0.3 is 55.1 Å². The zero-order valence-corrected chi connectivity index (χ0v) is 12.0. The molecule has 10 atom stereocenters. The van der Waals surface area contributed by atoms with E-state index in [9.17, 15) is 35.7 Å². The summed E-state index contributed by atoms with van der Waals surface area (Å²) in [7, 11) is 0. The first-order valence-corrected chi connectivity index (χ1v) is 7.08. The van der Waals surface area contributed by atoms with Crippen LogP contribution in [0.5, 0.6) is 0 Å². The zero-order chi connectivity index (χ0) is 17.3. The number of ether oxygens (including phenoxy) is 3. The largest absolute Gasteiger partial charge is 0.394 e. The number of hydrogen-bond acceptors (Lipinski definition) is 11. The molecule has 2 rings (SSSR count). The van der Waals surface area contributed by atoms with Crippen molar-refractivity contribution < 1.29 is 55.1 Å². The van der Waals surface area contributed by atoms with Crippen molar-refractivity contribution in [2.75, 3.05) is 13.2 Å². The lowest BCUT2D eigenvalue weighted by Crippen LogP contribution is -2.64. The number of rotatable bonds is 4. The van der Waals surface area contributed by atoms with Gasteiger partial charge >= 0.3 is 0 Å². The third kappa shape index (κ3) is 3.65. The van der Waals surface area contributed by atoms with E-state index in [1.807, 2.05) is 0 Å². The minimum absolute atomic E-state index is 0.667. The lowest BCUT2D eigenvalue weighted by atomic mass is 9.97. The molecule has 11 nitrogen and oxygen atoms in total. The van der Waals surface area contributed by atoms with Crippen molar-refractivity contribution in [3.8, 4) is 0 Å². The second-order valence-electron chi connectivity index (χ2n) is 5.53. The summed E-state index contributed by atoms with van der Waals surface area (Å²) in [6.07, 6.45) is -15.6. The van der Waals surface area contributed by atoms with Gasteiger partial charge in [-0.25, -0.2) is 0 Å². The molecule has 0 aromatic carbocycles. The van der Waals surface area contributed by atoms with Gasteiger partial charge in [0.25, 0.3) is 0 Å². The molecule has 0 aliphatic carbocycles. The minimum atomic E-state index is -1.74. The topological polar surface area (TPSA) is 190 Å². The highest BCUT2D eigenvalue weighted by atomic mass is 16.7. The lowest BCUT2D eigenvalue weighted by Gasteiger charge is -2.45. The van der Waals surface area contributed by atoms with E-state index in [2.05, 4.69) is 0 Å². The van der Waals surface area contributed by atoms with Crippen LogP contribution in [0.15, 0.2) is 0 Å². The van der Waals surface area contributed by atoms with E-state index in [4.69, 9.17) is 19.3 Å². The maximum atomic E-state index is 9.94. The first kappa shape index (κ1) is 18.9. The fourth-order valence-corrected chi connectivity index (χ4v) is 2.57. The van der Waals surface area contributed by atoms with Crippen LogP contribution in [-0.2, 0) is 14.2 Å². The molecular formula is C12H22O11. The molecule has 2 aliphatic heterocycles. The molecule has 23 heavy (non-hydrogen) atoms. The summed E-state index contributed by atoms with van der Waals surface area (Å²) in [5.41, 5.74) is 0. The molecule has 2 heterocycles. The third-order valence-corrected chi connectivity index (χ3v) is 3.98. The molecule has 0 bridgehead atoms. The summed E-state index contributed by atoms with van der Waals surface area (Å²) in [5, 5.41) is 76.5. The molecule has 0 unspecified atom stereocenters. The van der Waals surface area contributed by atoms with Gasteiger partial charge in [0.15, 0.2) is 12.6 Å². The van der Waals surface area contributed by atoms with Gasteiger partial charge in [-0.15, -0.1) is 0 Å². The summed E-state index contributed by atoms with van der Waals surface area (Å²) >= 11 is 0. The zero-order valence-electron chi connectivity index (χ0n) is 12.0. The van der Waals surface area contributed by atoms with Crippen LogP contribution in [0.2, 0.25) is 0 Å². The summed E-state index contributed by atoms with van der Waals surface area (Å²) in [6.45, 7) is -1.35. The highest BCUT2D eigenvalue weighted by Crippen LogP contribution is 2.28. The molecule has 0 aromatic rings. The second-order valence-corrected chi connectivity index (χ2v) is 5.53. The Morgan fingerprint density at radius 1 is 0.652 bits per heavy atom. The number of aliphatic hydroxyl groups is 8. The Morgan fingerprint density at radius 3 is 1.83 bits per heavy atom. The predicted molar refractivity (Wildman–Crippen MR) is 68.6 cm³/mol. The molecule has 0 radical (unpaired) electrons. The summed E-state index contributed by atoms with van der Waals surface area (Å²) in [5.74, 6) is 0. The van der Waals surface area contributed by atoms with Crippen LogP contribution in [0.3, 0.4) is 0 Å². The average molecular weight is 342 g/mol. The Kier molecular flexibility index (Phi) is 6.27. The normalized spacial score (nSPS) is 51.7. The van der Waals surface area contributed by atoms with Gasteiger partial charge in [0.05, 0.1) is 13.2 Å². The average Bonchev–Trinajstić information content (AvgIpc) is 2.55. The molecule has 2 aliphatic rings. The van der Waals surface area contributed by atoms with Crippen molar-refractivity contribution in [2.45, 2.75) is 61.4 Å². The van der Waals surface area contributed by atoms with Crippen molar-refractivity contribution in [1.29, 1.82) is 0 Å². The lowest BCUT2D eigenvalue weighted by molar-refractivity contribution is -0.355. The number of hydrogen-bond donors (Lipinski definition) is 8. The van der Waals surface area contributed by atoms with Gasteiger partial charge in [-0.2, -0.15) is 0 Å². The van der Waals surface area contributed by atoms with E-state index in [-0.39, 0.29) is 0 Å². The van der Waals surface area contributed by atoms with Crippen molar-refractivity contribution >= 4 is 0 Å². The first-order chi connectivity index (χ1) is 10.8. The standard InChI is InChI=1S/C12H22O11/c13-1-3-5(15)6(16)9(19)12(22-3)23-10-4(2-14)21-11(20)8(18)7(10)17/h3-20H,1-2H2/t3-,4-,5-,6+,7-,8+,9+,10+,11-,12+/m0/s1. The molecule has 0 saturated carbocycles. The van der Waals surface area contributed by atoms with Gasteiger partial charge in [0.1, 0.15) is 48.8 Å². The molecule has 0 aromatic heterocycles. The van der Waals surface area contributed by atoms with Crippen LogP contribution in [0.4, 0.5) is 0 Å². The summed E-state index contributed by atoms with van der Waals surface area (Å²) < 4.78 is 15.3. The van der Waals surface area contributed by atoms with Crippen LogP contribution in [-0.4, -0.2) is 115 Å². The Hall–Kier alpha value is -0.440. The highest BCUT2D eigenvalue weighted by molar-refractivity contribution is 4.93. The Morgan fingerprint density at radius 2 is 1.26 bits per heavy atom. The van der Waals surface area contributed by atoms with Gasteiger partial charge in [0.2, 0.25) is 0 Å². The molecule has 8 N–H and O–H groups in total. The Labute approximate surface area is 130 Å². The minimum Gasteiger partial charge on any atom is -0.394 e. The third-order valence-electron chi connectivity index (χ3n) is 3.98.